The van der Waals surface area contributed by atoms with Crippen molar-refractivity contribution in [2.24, 2.45) is 0 Å². The molecule has 0 spiro atoms. The van der Waals surface area contributed by atoms with Crippen molar-refractivity contribution in [2.75, 3.05) is 63.3 Å². The highest BCUT2D eigenvalue weighted by molar-refractivity contribution is 7.86. The molecule has 0 aliphatic carbocycles. The second-order valence-electron chi connectivity index (χ2n) is 12.5. The number of nitrogens with one attached hydrogen (secondary N) is 2. The van der Waals surface area contributed by atoms with Crippen molar-refractivity contribution in [3.63, 3.8) is 0 Å². The SMILES string of the molecule is C=C1C[C@H]2CNc3cc(OCP(=O)(CC)COc4cc5c(cc4OC)C(=O)N4CC(=C)C[C@H]4C(S(=O)(=O)O)N5)c(OC)cc3C(=O)N2C1. The number of methoxy groups -OCH3 is 2. The van der Waals surface area contributed by atoms with Crippen molar-refractivity contribution in [3.8, 4) is 23.0 Å². The molecular weight excluding hydrogens is 663 g/mol. The molecule has 16 heteroatoms. The van der Waals surface area contributed by atoms with Crippen LogP contribution in [-0.2, 0) is 14.7 Å². The molecular formula is C32H39N4O10PS. The van der Waals surface area contributed by atoms with Gasteiger partial charge in [0.25, 0.3) is 21.9 Å². The summed E-state index contributed by atoms with van der Waals surface area (Å²) in [6.07, 6.45) is 0.662. The minimum atomic E-state index is -4.64. The fourth-order valence-electron chi connectivity index (χ4n) is 6.56. The van der Waals surface area contributed by atoms with E-state index in [9.17, 15) is 27.1 Å². The van der Waals surface area contributed by atoms with Crippen LogP contribution in [0.15, 0.2) is 48.6 Å². The Kier molecular flexibility index (Phi) is 8.90. The van der Waals surface area contributed by atoms with E-state index in [0.29, 0.717) is 41.4 Å². The molecule has 4 aliphatic rings. The molecule has 3 N–H and O–H groups in total. The zero-order valence-corrected chi connectivity index (χ0v) is 28.7. The fraction of sp³-hybridized carbons (Fsp3) is 0.438. The summed E-state index contributed by atoms with van der Waals surface area (Å²) < 4.78 is 72.0. The van der Waals surface area contributed by atoms with Gasteiger partial charge >= 0.3 is 0 Å². The van der Waals surface area contributed by atoms with Crippen molar-refractivity contribution in [1.82, 2.24) is 9.80 Å². The van der Waals surface area contributed by atoms with E-state index in [2.05, 4.69) is 23.8 Å². The first kappa shape index (κ1) is 33.7. The second-order valence-corrected chi connectivity index (χ2v) is 17.3. The minimum Gasteiger partial charge on any atom is -0.493 e. The summed E-state index contributed by atoms with van der Waals surface area (Å²) in [5.41, 5.74) is 2.94. The lowest BCUT2D eigenvalue weighted by atomic mass is 10.1. The Morgan fingerprint density at radius 1 is 0.875 bits per heavy atom. The van der Waals surface area contributed by atoms with Gasteiger partial charge in [0.1, 0.15) is 12.7 Å². The molecule has 48 heavy (non-hydrogen) atoms. The zero-order valence-electron chi connectivity index (χ0n) is 27.0. The van der Waals surface area contributed by atoms with E-state index < -0.39 is 34.6 Å². The van der Waals surface area contributed by atoms with E-state index in [1.807, 2.05) is 0 Å². The van der Waals surface area contributed by atoms with Gasteiger partial charge in [-0.1, -0.05) is 31.2 Å². The van der Waals surface area contributed by atoms with E-state index in [1.165, 1.54) is 31.3 Å². The topological polar surface area (TPSA) is 173 Å². The number of carbonyl (C=O) groups excluding carboxylic acids is 2. The summed E-state index contributed by atoms with van der Waals surface area (Å²) in [6, 6.07) is 5.25. The van der Waals surface area contributed by atoms with E-state index in [4.69, 9.17) is 18.9 Å². The van der Waals surface area contributed by atoms with Gasteiger partial charge in [-0.3, -0.25) is 14.1 Å². The Hall–Kier alpha value is -4.20. The van der Waals surface area contributed by atoms with Gasteiger partial charge in [-0.25, -0.2) is 0 Å². The predicted molar refractivity (Wildman–Crippen MR) is 180 cm³/mol. The van der Waals surface area contributed by atoms with E-state index in [1.54, 1.807) is 24.0 Å². The van der Waals surface area contributed by atoms with Crippen LogP contribution in [0.4, 0.5) is 11.4 Å². The molecule has 4 aliphatic heterocycles. The van der Waals surface area contributed by atoms with Gasteiger partial charge in [-0.2, -0.15) is 8.42 Å². The summed E-state index contributed by atoms with van der Waals surface area (Å²) in [7, 11) is -4.96. The van der Waals surface area contributed by atoms with Crippen LogP contribution in [0, 0.1) is 0 Å². The highest BCUT2D eigenvalue weighted by Gasteiger charge is 2.46. The molecule has 2 aromatic rings. The number of carbonyl (C=O) groups is 2. The van der Waals surface area contributed by atoms with Crippen molar-refractivity contribution >= 4 is 40.4 Å². The Labute approximate surface area is 279 Å². The van der Waals surface area contributed by atoms with Gasteiger partial charge in [-0.05, 0) is 25.0 Å². The lowest BCUT2D eigenvalue weighted by Crippen LogP contribution is -2.47. The fourth-order valence-corrected chi connectivity index (χ4v) is 8.66. The molecule has 4 heterocycles. The number of ether oxygens (including phenoxy) is 4. The summed E-state index contributed by atoms with van der Waals surface area (Å²) in [5, 5.41) is 4.64. The van der Waals surface area contributed by atoms with Gasteiger partial charge in [0.15, 0.2) is 35.5 Å². The molecule has 258 valence electrons. The van der Waals surface area contributed by atoms with Gasteiger partial charge < -0.3 is 43.9 Å². The van der Waals surface area contributed by atoms with Crippen molar-refractivity contribution < 1.29 is 46.1 Å². The maximum Gasteiger partial charge on any atom is 0.288 e. The molecule has 14 nitrogen and oxygen atoms in total. The molecule has 2 unspecified atom stereocenters. The summed E-state index contributed by atoms with van der Waals surface area (Å²) >= 11 is 0. The maximum atomic E-state index is 14.0. The number of benzene rings is 2. The highest BCUT2D eigenvalue weighted by atomic mass is 32.2. The van der Waals surface area contributed by atoms with Gasteiger partial charge in [-0.15, -0.1) is 0 Å². The van der Waals surface area contributed by atoms with Crippen LogP contribution in [0.25, 0.3) is 0 Å². The average molecular weight is 703 g/mol. The molecule has 2 aromatic carbocycles. The van der Waals surface area contributed by atoms with Crippen LogP contribution in [0.2, 0.25) is 0 Å². The predicted octanol–water partition coefficient (Wildman–Crippen LogP) is 4.07. The number of anilines is 2. The number of amides is 2. The molecule has 0 bridgehead atoms. The van der Waals surface area contributed by atoms with Crippen LogP contribution in [0.1, 0.15) is 40.5 Å². The van der Waals surface area contributed by atoms with Crippen LogP contribution in [0.3, 0.4) is 0 Å². The summed E-state index contributed by atoms with van der Waals surface area (Å²) in [6.45, 7) is 10.9. The third kappa shape index (κ3) is 6.22. The molecule has 6 rings (SSSR count). The maximum absolute atomic E-state index is 14.0. The zero-order chi connectivity index (χ0) is 34.5. The van der Waals surface area contributed by atoms with Gasteiger partial charge in [0.05, 0.1) is 48.8 Å². The van der Waals surface area contributed by atoms with Crippen molar-refractivity contribution in [2.45, 2.75) is 37.2 Å². The van der Waals surface area contributed by atoms with Crippen LogP contribution in [-0.4, -0.2) is 105 Å². The quantitative estimate of drug-likeness (QED) is 0.184. The molecule has 0 radical (unpaired) electrons. The average Bonchev–Trinajstić information content (AvgIpc) is 3.57. The third-order valence-corrected chi connectivity index (χ3v) is 12.7. The first-order valence-electron chi connectivity index (χ1n) is 15.4. The molecule has 2 saturated heterocycles. The number of hydrogen-bond donors (Lipinski definition) is 3. The summed E-state index contributed by atoms with van der Waals surface area (Å²) in [5.74, 6) is 0.308. The number of fused-ring (bicyclic) bond motifs is 4. The van der Waals surface area contributed by atoms with Crippen molar-refractivity contribution in [1.29, 1.82) is 0 Å². The number of nitrogens with zero attached hydrogens (tertiary/aromatic N) is 2. The molecule has 0 aromatic heterocycles. The smallest absolute Gasteiger partial charge is 0.288 e. The Balaban J connectivity index is 1.22. The molecule has 0 saturated carbocycles. The van der Waals surface area contributed by atoms with E-state index in [-0.39, 0.29) is 66.5 Å². The highest BCUT2D eigenvalue weighted by Crippen LogP contribution is 2.48. The second kappa shape index (κ2) is 12.7. The first-order valence-corrected chi connectivity index (χ1v) is 19.2. The van der Waals surface area contributed by atoms with Crippen LogP contribution in [0.5, 0.6) is 23.0 Å². The Morgan fingerprint density at radius 2 is 1.42 bits per heavy atom. The van der Waals surface area contributed by atoms with Gasteiger partial charge in [0.2, 0.25) is 0 Å². The van der Waals surface area contributed by atoms with Gasteiger partial charge in [0, 0.05) is 37.9 Å². The molecule has 2 amide bonds. The normalized spacial score (nSPS) is 23.0. The molecule has 4 atom stereocenters. The summed E-state index contributed by atoms with van der Waals surface area (Å²) in [4.78, 5) is 30.0. The third-order valence-electron chi connectivity index (χ3n) is 9.22. The van der Waals surface area contributed by atoms with E-state index in [0.717, 1.165) is 12.0 Å². The van der Waals surface area contributed by atoms with Crippen LogP contribution < -0.4 is 29.6 Å². The van der Waals surface area contributed by atoms with E-state index >= 15 is 0 Å². The minimum absolute atomic E-state index is 0.000392. The standard InChI is InChI=1S/C32H39N4O10PS/c1-6-47(39,16-45-28-11-23-21(9-26(28)43-4)31(37)35-14-18(2)7-20(35)13-33-23)17-46-29-12-24-22(10-27(29)44-5)32(38)36-15-19(3)8-25(36)30(34-24)48(40,41)42/h9-12,20,25,30,33-34H,2-3,6-8,13-17H2,1,4-5H3,(H,40,41,42)/t20-,25-,30?,47?/m0/s1. The largest absolute Gasteiger partial charge is 0.493 e. The number of rotatable bonds is 10. The lowest BCUT2D eigenvalue weighted by Gasteiger charge is -2.26. The van der Waals surface area contributed by atoms with Crippen molar-refractivity contribution in [3.05, 3.63) is 59.7 Å². The monoisotopic (exact) mass is 702 g/mol. The van der Waals surface area contributed by atoms with Crippen LogP contribution >= 0.6 is 7.14 Å². The first-order chi connectivity index (χ1) is 22.7. The lowest BCUT2D eigenvalue weighted by molar-refractivity contribution is 0.0740. The Morgan fingerprint density at radius 3 is 2.00 bits per heavy atom. The Bertz CT molecular complexity index is 1860. The number of hydrogen-bond acceptors (Lipinski definition) is 11. The molecule has 2 fully saturated rings.